The summed E-state index contributed by atoms with van der Waals surface area (Å²) in [7, 11) is 0. The first kappa shape index (κ1) is 12.3. The van der Waals surface area contributed by atoms with Crippen molar-refractivity contribution in [2.45, 2.75) is 13.5 Å². The molecule has 3 aromatic rings. The fourth-order valence-electron chi connectivity index (χ4n) is 2.26. The predicted molar refractivity (Wildman–Crippen MR) is 79.3 cm³/mol. The van der Waals surface area contributed by atoms with Crippen LogP contribution in [0.15, 0.2) is 46.9 Å². The van der Waals surface area contributed by atoms with Crippen molar-refractivity contribution in [1.29, 1.82) is 0 Å². The van der Waals surface area contributed by atoms with Gasteiger partial charge >= 0.3 is 0 Å². The molecule has 0 atom stereocenters. The highest BCUT2D eigenvalue weighted by Gasteiger charge is 2.11. The second kappa shape index (κ2) is 4.72. The standard InChI is InChI=1S/C16H14ClNO/c1-10-5-6-12(9-18)13(7-10)15-8-11-3-2-4-14(17)16(11)19-15/h2-8H,9,18H2,1H3. The normalized spacial score (nSPS) is 11.1. The third-order valence-electron chi connectivity index (χ3n) is 3.25. The Hall–Kier alpha value is -1.77. The fourth-order valence-corrected chi connectivity index (χ4v) is 2.48. The Morgan fingerprint density at radius 2 is 2.00 bits per heavy atom. The molecule has 0 aliphatic rings. The van der Waals surface area contributed by atoms with Crippen molar-refractivity contribution in [2.75, 3.05) is 0 Å². The molecular formula is C16H14ClNO. The number of hydrogen-bond donors (Lipinski definition) is 1. The van der Waals surface area contributed by atoms with Gasteiger partial charge in [-0.05, 0) is 30.7 Å². The fraction of sp³-hybridized carbons (Fsp3) is 0.125. The van der Waals surface area contributed by atoms with Crippen LogP contribution in [-0.2, 0) is 6.54 Å². The van der Waals surface area contributed by atoms with E-state index in [4.69, 9.17) is 21.8 Å². The van der Waals surface area contributed by atoms with Gasteiger partial charge in [0.2, 0.25) is 0 Å². The van der Waals surface area contributed by atoms with Crippen molar-refractivity contribution in [3.8, 4) is 11.3 Å². The molecule has 0 aliphatic heterocycles. The number of fused-ring (bicyclic) bond motifs is 1. The summed E-state index contributed by atoms with van der Waals surface area (Å²) in [5, 5.41) is 1.64. The maximum absolute atomic E-state index is 6.14. The van der Waals surface area contributed by atoms with E-state index in [0.717, 1.165) is 27.9 Å². The van der Waals surface area contributed by atoms with Crippen molar-refractivity contribution in [3.05, 3.63) is 58.6 Å². The minimum atomic E-state index is 0.486. The molecule has 3 rings (SSSR count). The molecule has 96 valence electrons. The molecule has 0 aliphatic carbocycles. The molecule has 3 heteroatoms. The molecule has 0 fully saturated rings. The maximum Gasteiger partial charge on any atom is 0.153 e. The molecule has 0 saturated heterocycles. The Balaban J connectivity index is 2.24. The Morgan fingerprint density at radius 3 is 2.74 bits per heavy atom. The van der Waals surface area contributed by atoms with E-state index in [1.807, 2.05) is 30.3 Å². The average Bonchev–Trinajstić information content (AvgIpc) is 2.84. The molecule has 2 N–H and O–H groups in total. The molecule has 0 spiro atoms. The van der Waals surface area contributed by atoms with E-state index >= 15 is 0 Å². The summed E-state index contributed by atoms with van der Waals surface area (Å²) in [5.41, 5.74) is 9.81. The number of furan rings is 1. The van der Waals surface area contributed by atoms with E-state index in [9.17, 15) is 0 Å². The zero-order chi connectivity index (χ0) is 13.4. The quantitative estimate of drug-likeness (QED) is 0.744. The molecule has 2 nitrogen and oxygen atoms in total. The van der Waals surface area contributed by atoms with Gasteiger partial charge < -0.3 is 10.2 Å². The molecule has 0 radical (unpaired) electrons. The van der Waals surface area contributed by atoms with Gasteiger partial charge in [0, 0.05) is 17.5 Å². The topological polar surface area (TPSA) is 39.2 Å². The van der Waals surface area contributed by atoms with E-state index in [-0.39, 0.29) is 0 Å². The van der Waals surface area contributed by atoms with E-state index < -0.39 is 0 Å². The van der Waals surface area contributed by atoms with Crippen LogP contribution >= 0.6 is 11.6 Å². The van der Waals surface area contributed by atoms with Gasteiger partial charge in [0.1, 0.15) is 5.76 Å². The Morgan fingerprint density at radius 1 is 1.16 bits per heavy atom. The summed E-state index contributed by atoms with van der Waals surface area (Å²) in [6, 6.07) is 13.9. The van der Waals surface area contributed by atoms with Gasteiger partial charge in [-0.2, -0.15) is 0 Å². The number of halogens is 1. The van der Waals surface area contributed by atoms with Gasteiger partial charge in [0.05, 0.1) is 5.02 Å². The minimum Gasteiger partial charge on any atom is -0.455 e. The molecule has 0 amide bonds. The maximum atomic E-state index is 6.14. The summed E-state index contributed by atoms with van der Waals surface area (Å²) in [6.07, 6.45) is 0. The van der Waals surface area contributed by atoms with E-state index in [2.05, 4.69) is 19.1 Å². The van der Waals surface area contributed by atoms with Crippen LogP contribution in [0.1, 0.15) is 11.1 Å². The van der Waals surface area contributed by atoms with Gasteiger partial charge in [-0.25, -0.2) is 0 Å². The highest BCUT2D eigenvalue weighted by atomic mass is 35.5. The van der Waals surface area contributed by atoms with Crippen LogP contribution in [0.3, 0.4) is 0 Å². The summed E-state index contributed by atoms with van der Waals surface area (Å²) < 4.78 is 5.89. The number of hydrogen-bond acceptors (Lipinski definition) is 2. The minimum absolute atomic E-state index is 0.486. The average molecular weight is 272 g/mol. The Bertz CT molecular complexity index is 746. The lowest BCUT2D eigenvalue weighted by Gasteiger charge is -2.06. The van der Waals surface area contributed by atoms with Gasteiger partial charge in [0.15, 0.2) is 5.58 Å². The number of para-hydroxylation sites is 1. The smallest absolute Gasteiger partial charge is 0.153 e. The molecule has 0 unspecified atom stereocenters. The number of aryl methyl sites for hydroxylation is 1. The first-order chi connectivity index (χ1) is 9.19. The van der Waals surface area contributed by atoms with Crippen molar-refractivity contribution in [2.24, 2.45) is 5.73 Å². The number of rotatable bonds is 2. The Kier molecular flexibility index (Phi) is 3.05. The second-order valence-corrected chi connectivity index (χ2v) is 5.04. The van der Waals surface area contributed by atoms with Crippen LogP contribution in [-0.4, -0.2) is 0 Å². The lowest BCUT2D eigenvalue weighted by Crippen LogP contribution is -1.98. The van der Waals surface area contributed by atoms with Gasteiger partial charge in [0.25, 0.3) is 0 Å². The van der Waals surface area contributed by atoms with E-state index in [1.165, 1.54) is 5.56 Å². The molecule has 0 saturated carbocycles. The second-order valence-electron chi connectivity index (χ2n) is 4.63. The summed E-state index contributed by atoms with van der Waals surface area (Å²) >= 11 is 6.14. The van der Waals surface area contributed by atoms with Crippen LogP contribution in [0.2, 0.25) is 5.02 Å². The van der Waals surface area contributed by atoms with Crippen molar-refractivity contribution < 1.29 is 4.42 Å². The van der Waals surface area contributed by atoms with Crippen LogP contribution < -0.4 is 5.73 Å². The molecular weight excluding hydrogens is 258 g/mol. The zero-order valence-electron chi connectivity index (χ0n) is 10.6. The Labute approximate surface area is 116 Å². The highest BCUT2D eigenvalue weighted by molar-refractivity contribution is 6.34. The molecule has 1 aromatic heterocycles. The van der Waals surface area contributed by atoms with Gasteiger partial charge in [-0.1, -0.05) is 41.4 Å². The monoisotopic (exact) mass is 271 g/mol. The third-order valence-corrected chi connectivity index (χ3v) is 3.54. The summed E-state index contributed by atoms with van der Waals surface area (Å²) in [4.78, 5) is 0. The molecule has 1 heterocycles. The van der Waals surface area contributed by atoms with E-state index in [0.29, 0.717) is 11.6 Å². The van der Waals surface area contributed by atoms with Gasteiger partial charge in [-0.3, -0.25) is 0 Å². The number of nitrogens with two attached hydrogens (primary N) is 1. The summed E-state index contributed by atoms with van der Waals surface area (Å²) in [6.45, 7) is 2.54. The SMILES string of the molecule is Cc1ccc(CN)c(-c2cc3cccc(Cl)c3o2)c1. The van der Waals surface area contributed by atoms with Gasteiger partial charge in [-0.15, -0.1) is 0 Å². The van der Waals surface area contributed by atoms with E-state index in [1.54, 1.807) is 0 Å². The lowest BCUT2D eigenvalue weighted by molar-refractivity contribution is 0.630. The lowest BCUT2D eigenvalue weighted by atomic mass is 10.0. The van der Waals surface area contributed by atoms with Crippen molar-refractivity contribution in [1.82, 2.24) is 0 Å². The first-order valence-electron chi connectivity index (χ1n) is 6.17. The highest BCUT2D eigenvalue weighted by Crippen LogP contribution is 2.33. The van der Waals surface area contributed by atoms with Crippen LogP contribution in [0.4, 0.5) is 0 Å². The van der Waals surface area contributed by atoms with Crippen molar-refractivity contribution in [3.63, 3.8) is 0 Å². The largest absolute Gasteiger partial charge is 0.455 e. The zero-order valence-corrected chi connectivity index (χ0v) is 11.4. The van der Waals surface area contributed by atoms with Crippen LogP contribution in [0.25, 0.3) is 22.3 Å². The molecule has 2 aromatic carbocycles. The van der Waals surface area contributed by atoms with Crippen molar-refractivity contribution >= 4 is 22.6 Å². The summed E-state index contributed by atoms with van der Waals surface area (Å²) in [5.74, 6) is 0.812. The van der Waals surface area contributed by atoms with Crippen LogP contribution in [0.5, 0.6) is 0 Å². The third kappa shape index (κ3) is 2.14. The molecule has 0 bridgehead atoms. The molecule has 19 heavy (non-hydrogen) atoms. The predicted octanol–water partition coefficient (Wildman–Crippen LogP) is 4.52. The first-order valence-corrected chi connectivity index (χ1v) is 6.55. The number of benzene rings is 2. The van der Waals surface area contributed by atoms with Crippen LogP contribution in [0, 0.1) is 6.92 Å².